The number of ketones is 1. The van der Waals surface area contributed by atoms with E-state index in [4.69, 9.17) is 5.73 Å². The molecule has 2 rings (SSSR count). The fourth-order valence-corrected chi connectivity index (χ4v) is 2.91. The van der Waals surface area contributed by atoms with Crippen molar-refractivity contribution in [2.75, 3.05) is 6.54 Å². The monoisotopic (exact) mass is 263 g/mol. The molecule has 1 saturated carbocycles. The van der Waals surface area contributed by atoms with Crippen LogP contribution in [0.25, 0.3) is 0 Å². The fraction of sp³-hybridized carbons (Fsp3) is 0.562. The smallest absolute Gasteiger partial charge is 0.144 e. The maximum absolute atomic E-state index is 13.6. The van der Waals surface area contributed by atoms with Gasteiger partial charge in [0.15, 0.2) is 0 Å². The predicted molar refractivity (Wildman–Crippen MR) is 74.2 cm³/mol. The average Bonchev–Trinajstić information content (AvgIpc) is 2.42. The van der Waals surface area contributed by atoms with E-state index in [2.05, 4.69) is 6.92 Å². The van der Waals surface area contributed by atoms with E-state index in [1.165, 1.54) is 6.07 Å². The maximum Gasteiger partial charge on any atom is 0.144 e. The molecule has 1 aromatic carbocycles. The van der Waals surface area contributed by atoms with E-state index in [1.54, 1.807) is 18.2 Å². The fourth-order valence-electron chi connectivity index (χ4n) is 2.91. The number of carbonyl (C=O) groups is 1. The number of halogens is 1. The number of benzene rings is 1. The van der Waals surface area contributed by atoms with Gasteiger partial charge in [-0.3, -0.25) is 4.79 Å². The van der Waals surface area contributed by atoms with Gasteiger partial charge in [0.05, 0.1) is 0 Å². The lowest BCUT2D eigenvalue weighted by molar-refractivity contribution is -0.129. The highest BCUT2D eigenvalue weighted by atomic mass is 19.1. The first-order chi connectivity index (χ1) is 9.07. The second-order valence-electron chi connectivity index (χ2n) is 5.86. The van der Waals surface area contributed by atoms with Gasteiger partial charge < -0.3 is 5.73 Å². The number of Topliss-reactive ketones (excluding diaryl/α,β-unsaturated/α-hetero) is 1. The van der Waals surface area contributed by atoms with E-state index in [0.29, 0.717) is 18.0 Å². The van der Waals surface area contributed by atoms with Crippen molar-refractivity contribution in [3.63, 3.8) is 0 Å². The average molecular weight is 263 g/mol. The van der Waals surface area contributed by atoms with Gasteiger partial charge in [-0.2, -0.15) is 0 Å². The standard InChI is InChI=1S/C16H22FNO/c1-12-6-8-16(11-18,9-7-12)15(19)10-13-4-2-3-5-14(13)17/h2-5,12H,6-11,18H2,1H3. The summed E-state index contributed by atoms with van der Waals surface area (Å²) >= 11 is 0. The molecule has 0 atom stereocenters. The lowest BCUT2D eigenvalue weighted by Crippen LogP contribution is -2.42. The maximum atomic E-state index is 13.6. The van der Waals surface area contributed by atoms with Crippen LogP contribution < -0.4 is 5.73 Å². The highest BCUT2D eigenvalue weighted by molar-refractivity contribution is 5.87. The zero-order valence-corrected chi connectivity index (χ0v) is 11.5. The SMILES string of the molecule is CC1CCC(CN)(C(=O)Cc2ccccc2F)CC1. The second kappa shape index (κ2) is 5.83. The normalized spacial score (nSPS) is 27.2. The van der Waals surface area contributed by atoms with Gasteiger partial charge in [-0.05, 0) is 43.2 Å². The van der Waals surface area contributed by atoms with Crippen LogP contribution in [0.3, 0.4) is 0 Å². The molecule has 1 fully saturated rings. The topological polar surface area (TPSA) is 43.1 Å². The first-order valence-electron chi connectivity index (χ1n) is 7.04. The minimum Gasteiger partial charge on any atom is -0.329 e. The Hall–Kier alpha value is -1.22. The van der Waals surface area contributed by atoms with Crippen molar-refractivity contribution in [2.24, 2.45) is 17.1 Å². The molecule has 0 heterocycles. The van der Waals surface area contributed by atoms with E-state index >= 15 is 0 Å². The van der Waals surface area contributed by atoms with Gasteiger partial charge in [-0.15, -0.1) is 0 Å². The summed E-state index contributed by atoms with van der Waals surface area (Å²) in [6.07, 6.45) is 3.94. The molecule has 1 aromatic rings. The van der Waals surface area contributed by atoms with E-state index in [-0.39, 0.29) is 18.0 Å². The molecule has 0 amide bonds. The first kappa shape index (κ1) is 14.2. The van der Waals surface area contributed by atoms with Gasteiger partial charge in [-0.25, -0.2) is 4.39 Å². The van der Waals surface area contributed by atoms with Crippen molar-refractivity contribution in [2.45, 2.75) is 39.0 Å². The summed E-state index contributed by atoms with van der Waals surface area (Å²) in [5.41, 5.74) is 5.93. The Kier molecular flexibility index (Phi) is 4.35. The molecule has 2 nitrogen and oxygen atoms in total. The Morgan fingerprint density at radius 2 is 2.00 bits per heavy atom. The summed E-state index contributed by atoms with van der Waals surface area (Å²) in [6, 6.07) is 6.50. The van der Waals surface area contributed by atoms with Crippen LogP contribution in [0.15, 0.2) is 24.3 Å². The van der Waals surface area contributed by atoms with Crippen molar-refractivity contribution >= 4 is 5.78 Å². The molecule has 2 N–H and O–H groups in total. The number of rotatable bonds is 4. The Labute approximate surface area is 114 Å². The van der Waals surface area contributed by atoms with E-state index in [0.717, 1.165) is 25.7 Å². The molecular weight excluding hydrogens is 241 g/mol. The lowest BCUT2D eigenvalue weighted by atomic mass is 9.67. The molecule has 0 aromatic heterocycles. The predicted octanol–water partition coefficient (Wildman–Crippen LogP) is 3.09. The van der Waals surface area contributed by atoms with Gasteiger partial charge in [0.1, 0.15) is 11.6 Å². The third-order valence-electron chi connectivity index (χ3n) is 4.52. The van der Waals surface area contributed by atoms with Crippen LogP contribution in [0, 0.1) is 17.2 Å². The first-order valence-corrected chi connectivity index (χ1v) is 7.04. The highest BCUT2D eigenvalue weighted by Gasteiger charge is 2.39. The number of nitrogens with two attached hydrogens (primary N) is 1. The second-order valence-corrected chi connectivity index (χ2v) is 5.86. The third-order valence-corrected chi connectivity index (χ3v) is 4.52. The Morgan fingerprint density at radius 1 is 1.37 bits per heavy atom. The number of hydrogen-bond donors (Lipinski definition) is 1. The summed E-state index contributed by atoms with van der Waals surface area (Å²) in [5.74, 6) is 0.472. The van der Waals surface area contributed by atoms with Gasteiger partial charge >= 0.3 is 0 Å². The molecule has 0 unspecified atom stereocenters. The largest absolute Gasteiger partial charge is 0.329 e. The van der Waals surface area contributed by atoms with Crippen LogP contribution in [0.5, 0.6) is 0 Å². The van der Waals surface area contributed by atoms with E-state index in [9.17, 15) is 9.18 Å². The molecule has 0 aliphatic heterocycles. The molecule has 0 radical (unpaired) electrons. The molecule has 0 bridgehead atoms. The summed E-state index contributed by atoms with van der Waals surface area (Å²) in [7, 11) is 0. The van der Waals surface area contributed by atoms with Crippen LogP contribution in [-0.2, 0) is 11.2 Å². The van der Waals surface area contributed by atoms with Crippen LogP contribution in [-0.4, -0.2) is 12.3 Å². The van der Waals surface area contributed by atoms with E-state index in [1.807, 2.05) is 0 Å². The Bertz CT molecular complexity index is 450. The van der Waals surface area contributed by atoms with Crippen molar-refractivity contribution < 1.29 is 9.18 Å². The Morgan fingerprint density at radius 3 is 2.58 bits per heavy atom. The molecule has 1 aliphatic carbocycles. The minimum absolute atomic E-state index is 0.104. The molecular formula is C16H22FNO. The highest BCUT2D eigenvalue weighted by Crippen LogP contribution is 2.39. The zero-order chi connectivity index (χ0) is 13.9. The van der Waals surface area contributed by atoms with Crippen molar-refractivity contribution in [1.29, 1.82) is 0 Å². The van der Waals surface area contributed by atoms with Gasteiger partial charge in [0.25, 0.3) is 0 Å². The molecule has 3 heteroatoms. The quantitative estimate of drug-likeness (QED) is 0.907. The van der Waals surface area contributed by atoms with Gasteiger partial charge in [0, 0.05) is 18.4 Å². The summed E-state index contributed by atoms with van der Waals surface area (Å²) < 4.78 is 13.6. The molecule has 104 valence electrons. The number of carbonyl (C=O) groups excluding carboxylic acids is 1. The third kappa shape index (κ3) is 3.03. The lowest BCUT2D eigenvalue weighted by Gasteiger charge is -2.37. The van der Waals surface area contributed by atoms with Gasteiger partial charge in [-0.1, -0.05) is 25.1 Å². The number of hydrogen-bond acceptors (Lipinski definition) is 2. The summed E-state index contributed by atoms with van der Waals surface area (Å²) in [4.78, 5) is 12.5. The Balaban J connectivity index is 2.12. The molecule has 19 heavy (non-hydrogen) atoms. The molecule has 1 aliphatic rings. The summed E-state index contributed by atoms with van der Waals surface area (Å²) in [5, 5.41) is 0. The van der Waals surface area contributed by atoms with E-state index < -0.39 is 5.41 Å². The van der Waals surface area contributed by atoms with Crippen LogP contribution in [0.4, 0.5) is 4.39 Å². The summed E-state index contributed by atoms with van der Waals surface area (Å²) in [6.45, 7) is 2.59. The van der Waals surface area contributed by atoms with Crippen molar-refractivity contribution in [3.05, 3.63) is 35.6 Å². The molecule has 0 spiro atoms. The van der Waals surface area contributed by atoms with Crippen molar-refractivity contribution in [3.8, 4) is 0 Å². The van der Waals surface area contributed by atoms with Crippen LogP contribution >= 0.6 is 0 Å². The minimum atomic E-state index is -0.422. The van der Waals surface area contributed by atoms with Crippen molar-refractivity contribution in [1.82, 2.24) is 0 Å². The van der Waals surface area contributed by atoms with Gasteiger partial charge in [0.2, 0.25) is 0 Å². The zero-order valence-electron chi connectivity index (χ0n) is 11.5. The van der Waals surface area contributed by atoms with Crippen LogP contribution in [0.2, 0.25) is 0 Å². The van der Waals surface area contributed by atoms with Crippen LogP contribution in [0.1, 0.15) is 38.2 Å². The molecule has 0 saturated heterocycles.